The molecule has 0 bridgehead atoms. The maximum atomic E-state index is 9.05. The second-order valence-electron chi connectivity index (χ2n) is 5.58. The lowest BCUT2D eigenvalue weighted by molar-refractivity contribution is 0.175. The van der Waals surface area contributed by atoms with E-state index in [0.717, 1.165) is 5.75 Å². The van der Waals surface area contributed by atoms with Crippen LogP contribution in [0.25, 0.3) is 0 Å². The van der Waals surface area contributed by atoms with Gasteiger partial charge in [-0.3, -0.25) is 0 Å². The number of rotatable bonds is 6. The molecule has 3 nitrogen and oxygen atoms in total. The van der Waals surface area contributed by atoms with Crippen molar-refractivity contribution < 1.29 is 9.84 Å². The van der Waals surface area contributed by atoms with Crippen molar-refractivity contribution in [2.45, 2.75) is 45.6 Å². The summed E-state index contributed by atoms with van der Waals surface area (Å²) in [5, 5.41) is 9.05. The molecule has 0 aliphatic heterocycles. The quantitative estimate of drug-likeness (QED) is 0.817. The lowest BCUT2D eigenvalue weighted by Gasteiger charge is -2.21. The highest BCUT2D eigenvalue weighted by Crippen LogP contribution is 2.23. The van der Waals surface area contributed by atoms with Crippen molar-refractivity contribution in [2.75, 3.05) is 13.2 Å². The molecule has 1 rings (SSSR count). The molecule has 1 atom stereocenters. The molecule has 1 aromatic rings. The van der Waals surface area contributed by atoms with Crippen LogP contribution >= 0.6 is 0 Å². The highest BCUT2D eigenvalue weighted by atomic mass is 16.5. The van der Waals surface area contributed by atoms with Crippen LogP contribution in [0.4, 0.5) is 0 Å². The predicted molar refractivity (Wildman–Crippen MR) is 75.1 cm³/mol. The molecular weight excluding hydrogens is 226 g/mol. The molecule has 0 fully saturated rings. The Morgan fingerprint density at radius 2 is 2.06 bits per heavy atom. The molecule has 1 unspecified atom stereocenters. The summed E-state index contributed by atoms with van der Waals surface area (Å²) < 4.78 is 5.67. The van der Waals surface area contributed by atoms with E-state index in [-0.39, 0.29) is 6.61 Å². The summed E-state index contributed by atoms with van der Waals surface area (Å²) in [6.45, 7) is 8.79. The summed E-state index contributed by atoms with van der Waals surface area (Å²) in [5.74, 6) is 1.39. The van der Waals surface area contributed by atoms with E-state index in [4.69, 9.17) is 15.6 Å². The van der Waals surface area contributed by atoms with E-state index in [1.165, 1.54) is 11.1 Å². The van der Waals surface area contributed by atoms with Crippen molar-refractivity contribution in [3.63, 3.8) is 0 Å². The Labute approximate surface area is 110 Å². The average molecular weight is 251 g/mol. The van der Waals surface area contributed by atoms with Gasteiger partial charge in [0.2, 0.25) is 0 Å². The summed E-state index contributed by atoms with van der Waals surface area (Å²) in [4.78, 5) is 0. The van der Waals surface area contributed by atoms with E-state index in [0.29, 0.717) is 18.9 Å². The molecule has 0 aliphatic rings. The van der Waals surface area contributed by atoms with Crippen LogP contribution < -0.4 is 10.5 Å². The summed E-state index contributed by atoms with van der Waals surface area (Å²) in [6.07, 6.45) is 0.633. The molecule has 1 aromatic carbocycles. The number of hydrogen-bond acceptors (Lipinski definition) is 3. The lowest BCUT2D eigenvalue weighted by atomic mass is 9.98. The summed E-state index contributed by atoms with van der Waals surface area (Å²) in [6, 6.07) is 6.17. The zero-order chi connectivity index (χ0) is 13.8. The van der Waals surface area contributed by atoms with Crippen LogP contribution in [0.5, 0.6) is 5.75 Å². The third-order valence-corrected chi connectivity index (χ3v) is 3.17. The van der Waals surface area contributed by atoms with Gasteiger partial charge in [0.25, 0.3) is 0 Å². The fourth-order valence-corrected chi connectivity index (χ4v) is 1.87. The highest BCUT2D eigenvalue weighted by molar-refractivity contribution is 5.36. The van der Waals surface area contributed by atoms with Crippen LogP contribution in [0.1, 0.15) is 44.2 Å². The Balaban J connectivity index is 2.57. The van der Waals surface area contributed by atoms with E-state index >= 15 is 0 Å². The molecule has 3 N–H and O–H groups in total. The average Bonchev–Trinajstić information content (AvgIpc) is 2.28. The molecule has 0 aliphatic carbocycles. The minimum absolute atomic E-state index is 0.0261. The van der Waals surface area contributed by atoms with E-state index in [9.17, 15) is 0 Å². The molecule has 0 heterocycles. The molecule has 0 saturated heterocycles. The van der Waals surface area contributed by atoms with Gasteiger partial charge < -0.3 is 15.6 Å². The SMILES string of the molecule is Cc1cc(OCCC(C)(N)CO)ccc1C(C)C. The lowest BCUT2D eigenvalue weighted by Crippen LogP contribution is -2.41. The van der Waals surface area contributed by atoms with Gasteiger partial charge in [-0.05, 0) is 43.0 Å². The topological polar surface area (TPSA) is 55.5 Å². The van der Waals surface area contributed by atoms with Gasteiger partial charge in [-0.25, -0.2) is 0 Å². The van der Waals surface area contributed by atoms with Gasteiger partial charge in [-0.15, -0.1) is 0 Å². The number of aliphatic hydroxyl groups is 1. The maximum Gasteiger partial charge on any atom is 0.119 e. The van der Waals surface area contributed by atoms with Gasteiger partial charge in [0.1, 0.15) is 5.75 Å². The number of ether oxygens (including phenoxy) is 1. The Kier molecular flexibility index (Phi) is 5.17. The van der Waals surface area contributed by atoms with Crippen molar-refractivity contribution in [3.8, 4) is 5.75 Å². The molecular formula is C15H25NO2. The fraction of sp³-hybridized carbons (Fsp3) is 0.600. The molecule has 0 spiro atoms. The van der Waals surface area contributed by atoms with Crippen molar-refractivity contribution in [1.82, 2.24) is 0 Å². The van der Waals surface area contributed by atoms with Crippen molar-refractivity contribution in [2.24, 2.45) is 5.73 Å². The first-order valence-corrected chi connectivity index (χ1v) is 6.49. The largest absolute Gasteiger partial charge is 0.494 e. The van der Waals surface area contributed by atoms with E-state index in [2.05, 4.69) is 32.9 Å². The molecule has 0 amide bonds. The van der Waals surface area contributed by atoms with Gasteiger partial charge in [0.05, 0.1) is 13.2 Å². The number of aryl methyl sites for hydroxylation is 1. The standard InChI is InChI=1S/C15H25NO2/c1-11(2)14-6-5-13(9-12(14)3)18-8-7-15(4,16)10-17/h5-6,9,11,17H,7-8,10,16H2,1-4H3. The Morgan fingerprint density at radius 1 is 1.39 bits per heavy atom. The van der Waals surface area contributed by atoms with Crippen LogP contribution in [0.3, 0.4) is 0 Å². The number of hydrogen-bond donors (Lipinski definition) is 2. The first kappa shape index (κ1) is 15.0. The third kappa shape index (κ3) is 4.31. The molecule has 0 radical (unpaired) electrons. The minimum atomic E-state index is -0.563. The van der Waals surface area contributed by atoms with Gasteiger partial charge in [0, 0.05) is 12.0 Å². The summed E-state index contributed by atoms with van der Waals surface area (Å²) in [7, 11) is 0. The Morgan fingerprint density at radius 3 is 2.56 bits per heavy atom. The van der Waals surface area contributed by atoms with Crippen LogP contribution in [0, 0.1) is 6.92 Å². The number of nitrogens with two attached hydrogens (primary N) is 1. The second-order valence-corrected chi connectivity index (χ2v) is 5.58. The van der Waals surface area contributed by atoms with Crippen LogP contribution in [0.15, 0.2) is 18.2 Å². The summed E-state index contributed by atoms with van der Waals surface area (Å²) in [5.41, 5.74) is 7.88. The van der Waals surface area contributed by atoms with Gasteiger partial charge >= 0.3 is 0 Å². The normalized spacial score (nSPS) is 14.6. The maximum absolute atomic E-state index is 9.05. The van der Waals surface area contributed by atoms with E-state index < -0.39 is 5.54 Å². The number of benzene rings is 1. The number of aliphatic hydroxyl groups excluding tert-OH is 1. The van der Waals surface area contributed by atoms with Gasteiger partial charge in [0.15, 0.2) is 0 Å². The van der Waals surface area contributed by atoms with E-state index in [1.807, 2.05) is 13.0 Å². The smallest absolute Gasteiger partial charge is 0.119 e. The van der Waals surface area contributed by atoms with E-state index in [1.54, 1.807) is 0 Å². The monoisotopic (exact) mass is 251 g/mol. The fourth-order valence-electron chi connectivity index (χ4n) is 1.87. The zero-order valence-electron chi connectivity index (χ0n) is 11.9. The van der Waals surface area contributed by atoms with Gasteiger partial charge in [-0.1, -0.05) is 19.9 Å². The molecule has 18 heavy (non-hydrogen) atoms. The van der Waals surface area contributed by atoms with Gasteiger partial charge in [-0.2, -0.15) is 0 Å². The first-order valence-electron chi connectivity index (χ1n) is 6.49. The van der Waals surface area contributed by atoms with Crippen molar-refractivity contribution in [1.29, 1.82) is 0 Å². The first-order chi connectivity index (χ1) is 8.35. The molecule has 0 aromatic heterocycles. The third-order valence-electron chi connectivity index (χ3n) is 3.17. The predicted octanol–water partition coefficient (Wildman–Crippen LogP) is 2.60. The molecule has 3 heteroatoms. The van der Waals surface area contributed by atoms with Crippen molar-refractivity contribution >= 4 is 0 Å². The zero-order valence-corrected chi connectivity index (χ0v) is 11.9. The highest BCUT2D eigenvalue weighted by Gasteiger charge is 2.16. The molecule has 0 saturated carbocycles. The molecule has 102 valence electrons. The second kappa shape index (κ2) is 6.21. The van der Waals surface area contributed by atoms with Crippen molar-refractivity contribution in [3.05, 3.63) is 29.3 Å². The Hall–Kier alpha value is -1.06. The van der Waals surface area contributed by atoms with Crippen LogP contribution in [-0.2, 0) is 0 Å². The minimum Gasteiger partial charge on any atom is -0.494 e. The van der Waals surface area contributed by atoms with Crippen LogP contribution in [0.2, 0.25) is 0 Å². The Bertz CT molecular complexity index is 386. The summed E-state index contributed by atoms with van der Waals surface area (Å²) >= 11 is 0. The van der Waals surface area contributed by atoms with Crippen LogP contribution in [-0.4, -0.2) is 23.9 Å².